The monoisotopic (exact) mass is 251 g/mol. The molecule has 1 unspecified atom stereocenters. The summed E-state index contributed by atoms with van der Waals surface area (Å²) >= 11 is 1.63. The van der Waals surface area contributed by atoms with Crippen LogP contribution in [-0.4, -0.2) is 30.9 Å². The minimum absolute atomic E-state index is 0.00802. The summed E-state index contributed by atoms with van der Waals surface area (Å²) in [4.78, 5) is 14.7. The Balaban J connectivity index is 2.32. The molecule has 0 aliphatic carbocycles. The van der Waals surface area contributed by atoms with Crippen LogP contribution in [0.1, 0.15) is 24.3 Å². The van der Waals surface area contributed by atoms with E-state index in [9.17, 15) is 4.79 Å². The van der Waals surface area contributed by atoms with Gasteiger partial charge in [-0.05, 0) is 25.4 Å². The smallest absolute Gasteiger partial charge is 0.234 e. The number of carbonyl (C=O) groups is 1. The molecule has 17 heavy (non-hydrogen) atoms. The highest BCUT2D eigenvalue weighted by atomic mass is 32.1. The minimum Gasteiger partial charge on any atom is -0.348 e. The van der Waals surface area contributed by atoms with Crippen LogP contribution in [-0.2, 0) is 4.79 Å². The number of thiophene rings is 1. The van der Waals surface area contributed by atoms with Crippen molar-refractivity contribution in [3.8, 4) is 6.07 Å². The van der Waals surface area contributed by atoms with Crippen molar-refractivity contribution >= 4 is 17.2 Å². The zero-order valence-electron chi connectivity index (χ0n) is 10.1. The van der Waals surface area contributed by atoms with Gasteiger partial charge in [-0.15, -0.1) is 11.3 Å². The van der Waals surface area contributed by atoms with Gasteiger partial charge in [-0.2, -0.15) is 5.26 Å². The van der Waals surface area contributed by atoms with Crippen LogP contribution in [0.25, 0.3) is 0 Å². The van der Waals surface area contributed by atoms with E-state index in [1.165, 1.54) is 0 Å². The normalized spacial score (nSPS) is 12.1. The van der Waals surface area contributed by atoms with E-state index in [1.807, 2.05) is 36.4 Å². The Hall–Kier alpha value is -1.38. The first kappa shape index (κ1) is 13.7. The van der Waals surface area contributed by atoms with Crippen LogP contribution in [0.2, 0.25) is 0 Å². The number of nitrogens with one attached hydrogen (secondary N) is 1. The van der Waals surface area contributed by atoms with E-state index >= 15 is 0 Å². The molecule has 92 valence electrons. The van der Waals surface area contributed by atoms with E-state index in [0.717, 1.165) is 4.88 Å². The number of carbonyl (C=O) groups excluding carboxylic acids is 1. The maximum atomic E-state index is 11.7. The molecule has 0 saturated carbocycles. The van der Waals surface area contributed by atoms with Gasteiger partial charge in [0, 0.05) is 17.8 Å². The first-order chi connectivity index (χ1) is 8.13. The number of nitriles is 1. The Bertz CT molecular complexity index is 383. The third-order valence-electron chi connectivity index (χ3n) is 2.37. The van der Waals surface area contributed by atoms with Gasteiger partial charge in [0.25, 0.3) is 0 Å². The molecule has 0 spiro atoms. The standard InChI is InChI=1S/C12H17N3OS/c1-10(11-5-3-8-17-11)14-12(16)9-15(2)7-4-6-13/h3,5,8,10H,4,7,9H2,1-2H3,(H,14,16). The second-order valence-corrected chi connectivity index (χ2v) is 4.93. The molecule has 1 N–H and O–H groups in total. The maximum absolute atomic E-state index is 11.7. The van der Waals surface area contributed by atoms with E-state index in [1.54, 1.807) is 11.3 Å². The van der Waals surface area contributed by atoms with Gasteiger partial charge in [0.15, 0.2) is 0 Å². The van der Waals surface area contributed by atoms with Crippen molar-refractivity contribution in [1.82, 2.24) is 10.2 Å². The molecule has 0 fully saturated rings. The number of rotatable bonds is 6. The number of nitrogens with zero attached hydrogens (tertiary/aromatic N) is 2. The van der Waals surface area contributed by atoms with Gasteiger partial charge in [0.1, 0.15) is 0 Å². The predicted octanol–water partition coefficient (Wildman–Crippen LogP) is 1.77. The zero-order chi connectivity index (χ0) is 12.7. The molecule has 1 aromatic heterocycles. The summed E-state index contributed by atoms with van der Waals surface area (Å²) in [6.07, 6.45) is 0.449. The predicted molar refractivity (Wildman–Crippen MR) is 68.6 cm³/mol. The first-order valence-electron chi connectivity index (χ1n) is 5.51. The fraction of sp³-hybridized carbons (Fsp3) is 0.500. The van der Waals surface area contributed by atoms with Crippen LogP contribution in [0, 0.1) is 11.3 Å². The Morgan fingerprint density at radius 2 is 2.47 bits per heavy atom. The van der Waals surface area contributed by atoms with Crippen LogP contribution >= 0.6 is 11.3 Å². The largest absolute Gasteiger partial charge is 0.348 e. The number of hydrogen-bond acceptors (Lipinski definition) is 4. The summed E-state index contributed by atoms with van der Waals surface area (Å²) in [5.74, 6) is -0.00802. The third-order valence-corrected chi connectivity index (χ3v) is 3.42. The number of likely N-dealkylation sites (N-methyl/N-ethyl adjacent to an activating group) is 1. The molecular weight excluding hydrogens is 234 g/mol. The van der Waals surface area contributed by atoms with Crippen molar-refractivity contribution in [2.75, 3.05) is 20.1 Å². The molecule has 1 aromatic rings. The molecule has 0 saturated heterocycles. The van der Waals surface area contributed by atoms with E-state index in [2.05, 4.69) is 11.4 Å². The summed E-state index contributed by atoms with van der Waals surface area (Å²) in [6.45, 7) is 2.92. The van der Waals surface area contributed by atoms with E-state index in [-0.39, 0.29) is 11.9 Å². The molecule has 5 heteroatoms. The molecule has 1 rings (SSSR count). The molecule has 4 nitrogen and oxygen atoms in total. The summed E-state index contributed by atoms with van der Waals surface area (Å²) in [5.41, 5.74) is 0. The van der Waals surface area contributed by atoms with Crippen LogP contribution in [0.4, 0.5) is 0 Å². The lowest BCUT2D eigenvalue weighted by molar-refractivity contribution is -0.122. The maximum Gasteiger partial charge on any atom is 0.234 e. The fourth-order valence-electron chi connectivity index (χ4n) is 1.46. The molecule has 0 aliphatic heterocycles. The highest BCUT2D eigenvalue weighted by Crippen LogP contribution is 2.17. The summed E-state index contributed by atoms with van der Waals surface area (Å²) in [5, 5.41) is 13.4. The van der Waals surface area contributed by atoms with Gasteiger partial charge in [0.05, 0.1) is 18.7 Å². The lowest BCUT2D eigenvalue weighted by Gasteiger charge is -2.17. The van der Waals surface area contributed by atoms with Gasteiger partial charge in [-0.25, -0.2) is 0 Å². The van der Waals surface area contributed by atoms with Gasteiger partial charge in [-0.1, -0.05) is 6.07 Å². The van der Waals surface area contributed by atoms with Crippen LogP contribution < -0.4 is 5.32 Å². The molecule has 0 bridgehead atoms. The Labute approximate surface area is 106 Å². The highest BCUT2D eigenvalue weighted by molar-refractivity contribution is 7.10. The van der Waals surface area contributed by atoms with E-state index in [0.29, 0.717) is 19.5 Å². The summed E-state index contributed by atoms with van der Waals surface area (Å²) in [7, 11) is 1.84. The van der Waals surface area contributed by atoms with Crippen molar-refractivity contribution in [3.63, 3.8) is 0 Å². The van der Waals surface area contributed by atoms with Crippen molar-refractivity contribution in [1.29, 1.82) is 5.26 Å². The molecule has 1 heterocycles. The molecule has 0 aromatic carbocycles. The van der Waals surface area contributed by atoms with E-state index in [4.69, 9.17) is 5.26 Å². The second-order valence-electron chi connectivity index (χ2n) is 3.95. The summed E-state index contributed by atoms with van der Waals surface area (Å²) in [6, 6.07) is 6.09. The topological polar surface area (TPSA) is 56.1 Å². The second kappa shape index (κ2) is 7.05. The van der Waals surface area contributed by atoms with Crippen molar-refractivity contribution in [2.45, 2.75) is 19.4 Å². The highest BCUT2D eigenvalue weighted by Gasteiger charge is 2.11. The van der Waals surface area contributed by atoms with Crippen molar-refractivity contribution < 1.29 is 4.79 Å². The average Bonchev–Trinajstić information content (AvgIpc) is 2.79. The van der Waals surface area contributed by atoms with Gasteiger partial charge < -0.3 is 5.32 Å². The summed E-state index contributed by atoms with van der Waals surface area (Å²) < 4.78 is 0. The molecular formula is C12H17N3OS. The third kappa shape index (κ3) is 4.98. The van der Waals surface area contributed by atoms with Crippen molar-refractivity contribution in [3.05, 3.63) is 22.4 Å². The molecule has 0 radical (unpaired) electrons. The van der Waals surface area contributed by atoms with Gasteiger partial charge >= 0.3 is 0 Å². The Morgan fingerprint density at radius 3 is 3.06 bits per heavy atom. The lowest BCUT2D eigenvalue weighted by Crippen LogP contribution is -2.36. The average molecular weight is 251 g/mol. The van der Waals surface area contributed by atoms with Gasteiger partial charge in [-0.3, -0.25) is 9.69 Å². The zero-order valence-corrected chi connectivity index (χ0v) is 11.0. The van der Waals surface area contributed by atoms with Crippen molar-refractivity contribution in [2.24, 2.45) is 0 Å². The quantitative estimate of drug-likeness (QED) is 0.838. The number of hydrogen-bond donors (Lipinski definition) is 1. The SMILES string of the molecule is CC(NC(=O)CN(C)CCC#N)c1cccs1. The van der Waals surface area contributed by atoms with Gasteiger partial charge in [0.2, 0.25) is 5.91 Å². The first-order valence-corrected chi connectivity index (χ1v) is 6.39. The molecule has 1 amide bonds. The Morgan fingerprint density at radius 1 is 1.71 bits per heavy atom. The van der Waals surface area contributed by atoms with Crippen LogP contribution in [0.5, 0.6) is 0 Å². The van der Waals surface area contributed by atoms with Crippen LogP contribution in [0.3, 0.4) is 0 Å². The van der Waals surface area contributed by atoms with E-state index < -0.39 is 0 Å². The number of amides is 1. The Kier molecular flexibility index (Phi) is 5.67. The molecule has 0 aliphatic rings. The molecule has 1 atom stereocenters. The fourth-order valence-corrected chi connectivity index (χ4v) is 2.20. The lowest BCUT2D eigenvalue weighted by atomic mass is 10.2. The minimum atomic E-state index is -0.00802. The van der Waals surface area contributed by atoms with Crippen LogP contribution in [0.15, 0.2) is 17.5 Å².